The van der Waals surface area contributed by atoms with Gasteiger partial charge in [-0.05, 0) is 6.07 Å². The van der Waals surface area contributed by atoms with Crippen LogP contribution in [0.4, 0.5) is 13.2 Å². The number of benzene rings is 1. The van der Waals surface area contributed by atoms with E-state index in [4.69, 9.17) is 0 Å². The molecule has 0 radical (unpaired) electrons. The Balaban J connectivity index is 3.24. The first-order chi connectivity index (χ1) is 7.45. The molecule has 3 nitrogen and oxygen atoms in total. The van der Waals surface area contributed by atoms with Crippen molar-refractivity contribution in [3.63, 3.8) is 0 Å². The van der Waals surface area contributed by atoms with Crippen LogP contribution in [-0.2, 0) is 0 Å². The third kappa shape index (κ3) is 2.59. The molecule has 0 aliphatic rings. The highest BCUT2D eigenvalue weighted by atomic mass is 19.2. The first kappa shape index (κ1) is 12.2. The maximum Gasteiger partial charge on any atom is 0.246 e. The smallest absolute Gasteiger partial charge is 0.246 e. The van der Waals surface area contributed by atoms with E-state index in [1.165, 1.54) is 6.92 Å². The van der Waals surface area contributed by atoms with Gasteiger partial charge in [-0.15, -0.1) is 0 Å². The predicted molar refractivity (Wildman–Crippen MR) is 51.6 cm³/mol. The van der Waals surface area contributed by atoms with Gasteiger partial charge in [0.25, 0.3) is 0 Å². The number of nitro groups is 1. The summed E-state index contributed by atoms with van der Waals surface area (Å²) in [6, 6.07) is 0.943. The van der Waals surface area contributed by atoms with Gasteiger partial charge in [0.2, 0.25) is 5.70 Å². The van der Waals surface area contributed by atoms with E-state index in [9.17, 15) is 23.3 Å². The van der Waals surface area contributed by atoms with E-state index in [0.717, 1.165) is 6.08 Å². The number of nitrogens with zero attached hydrogens (tertiary/aromatic N) is 1. The normalized spacial score (nSPS) is 11.6. The van der Waals surface area contributed by atoms with E-state index in [2.05, 4.69) is 0 Å². The zero-order valence-corrected chi connectivity index (χ0v) is 8.34. The summed E-state index contributed by atoms with van der Waals surface area (Å²) in [7, 11) is 0. The van der Waals surface area contributed by atoms with Gasteiger partial charge in [0.1, 0.15) is 5.82 Å². The Morgan fingerprint density at radius 2 is 1.88 bits per heavy atom. The lowest BCUT2D eigenvalue weighted by molar-refractivity contribution is -0.425. The fourth-order valence-corrected chi connectivity index (χ4v) is 1.11. The molecule has 1 rings (SSSR count). The Kier molecular flexibility index (Phi) is 3.65. The van der Waals surface area contributed by atoms with E-state index < -0.39 is 22.4 Å². The van der Waals surface area contributed by atoms with E-state index >= 15 is 0 Å². The lowest BCUT2D eigenvalue weighted by Gasteiger charge is -1.99. The zero-order valence-electron chi connectivity index (χ0n) is 8.34. The molecule has 0 atom stereocenters. The molecule has 86 valence electrons. The highest BCUT2D eigenvalue weighted by Gasteiger charge is 2.12. The van der Waals surface area contributed by atoms with Gasteiger partial charge in [-0.3, -0.25) is 10.1 Å². The average Bonchev–Trinajstić information content (AvgIpc) is 2.21. The zero-order chi connectivity index (χ0) is 12.3. The van der Waals surface area contributed by atoms with E-state index in [1.54, 1.807) is 0 Å². The van der Waals surface area contributed by atoms with Gasteiger partial charge in [0, 0.05) is 24.1 Å². The molecule has 0 saturated heterocycles. The standard InChI is InChI=1S/C10H8F3NO2/c1-2-7(14(15)16)3-6-4-9(12)10(13)5-8(6)11/h3-5H,2H2,1H3/b7-3-. The van der Waals surface area contributed by atoms with Gasteiger partial charge in [-0.2, -0.15) is 0 Å². The molecule has 1 aromatic carbocycles. The first-order valence-electron chi connectivity index (χ1n) is 4.45. The van der Waals surface area contributed by atoms with Crippen LogP contribution in [0, 0.1) is 27.6 Å². The van der Waals surface area contributed by atoms with Crippen molar-refractivity contribution in [3.05, 3.63) is 51.0 Å². The molecule has 0 bridgehead atoms. The van der Waals surface area contributed by atoms with Crippen LogP contribution in [0.2, 0.25) is 0 Å². The summed E-state index contributed by atoms with van der Waals surface area (Å²) in [5, 5.41) is 10.4. The van der Waals surface area contributed by atoms with Crippen molar-refractivity contribution in [2.45, 2.75) is 13.3 Å². The van der Waals surface area contributed by atoms with Crippen molar-refractivity contribution in [3.8, 4) is 0 Å². The molecule has 0 N–H and O–H groups in total. The van der Waals surface area contributed by atoms with Gasteiger partial charge >= 0.3 is 0 Å². The quantitative estimate of drug-likeness (QED) is 0.455. The van der Waals surface area contributed by atoms with Gasteiger partial charge in [0.05, 0.1) is 4.92 Å². The molecular formula is C10H8F3NO2. The topological polar surface area (TPSA) is 43.1 Å². The lowest BCUT2D eigenvalue weighted by atomic mass is 10.1. The van der Waals surface area contributed by atoms with Crippen LogP contribution in [0.3, 0.4) is 0 Å². The monoisotopic (exact) mass is 231 g/mol. The number of halogens is 3. The summed E-state index contributed by atoms with van der Waals surface area (Å²) < 4.78 is 38.5. The molecule has 16 heavy (non-hydrogen) atoms. The number of hydrogen-bond donors (Lipinski definition) is 0. The minimum absolute atomic E-state index is 0.0609. The van der Waals surface area contributed by atoms with Crippen LogP contribution >= 0.6 is 0 Å². The number of hydrogen-bond acceptors (Lipinski definition) is 2. The molecule has 0 unspecified atom stereocenters. The van der Waals surface area contributed by atoms with Crippen molar-refractivity contribution >= 4 is 6.08 Å². The third-order valence-electron chi connectivity index (χ3n) is 1.96. The largest absolute Gasteiger partial charge is 0.259 e. The molecule has 0 aliphatic heterocycles. The molecule has 0 aromatic heterocycles. The van der Waals surface area contributed by atoms with Crippen molar-refractivity contribution in [2.75, 3.05) is 0 Å². The summed E-state index contributed by atoms with van der Waals surface area (Å²) in [6.45, 7) is 1.51. The molecule has 0 saturated carbocycles. The summed E-state index contributed by atoms with van der Waals surface area (Å²) in [6.07, 6.45) is 0.948. The molecule has 1 aromatic rings. The maximum absolute atomic E-state index is 13.1. The summed E-state index contributed by atoms with van der Waals surface area (Å²) in [4.78, 5) is 9.75. The molecule has 6 heteroatoms. The fraction of sp³-hybridized carbons (Fsp3) is 0.200. The Hall–Kier alpha value is -1.85. The van der Waals surface area contributed by atoms with Crippen molar-refractivity contribution in [1.82, 2.24) is 0 Å². The minimum Gasteiger partial charge on any atom is -0.259 e. The Labute approximate surface area is 89.4 Å². The van der Waals surface area contributed by atoms with Crippen LogP contribution in [0.15, 0.2) is 17.8 Å². The second-order valence-corrected chi connectivity index (χ2v) is 3.03. The number of rotatable bonds is 3. The maximum atomic E-state index is 13.1. The van der Waals surface area contributed by atoms with E-state index in [-0.39, 0.29) is 17.7 Å². The first-order valence-corrected chi connectivity index (χ1v) is 4.45. The predicted octanol–water partition coefficient (Wildman–Crippen LogP) is 3.13. The average molecular weight is 231 g/mol. The van der Waals surface area contributed by atoms with Crippen LogP contribution in [-0.4, -0.2) is 4.92 Å². The highest BCUT2D eigenvalue weighted by molar-refractivity contribution is 5.51. The molecule has 0 amide bonds. The number of allylic oxidation sites excluding steroid dienone is 1. The van der Waals surface area contributed by atoms with Crippen molar-refractivity contribution in [1.29, 1.82) is 0 Å². The summed E-state index contributed by atoms with van der Waals surface area (Å²) >= 11 is 0. The molecule has 0 heterocycles. The second kappa shape index (κ2) is 4.78. The van der Waals surface area contributed by atoms with Gasteiger partial charge in [0.15, 0.2) is 11.6 Å². The SMILES string of the molecule is CC/C(=C/c1cc(F)c(F)cc1F)[N+](=O)[O-]. The van der Waals surface area contributed by atoms with Crippen LogP contribution in [0.1, 0.15) is 18.9 Å². The molecule has 0 aliphatic carbocycles. The minimum atomic E-state index is -1.33. The van der Waals surface area contributed by atoms with Crippen LogP contribution in [0.5, 0.6) is 0 Å². The molecule has 0 fully saturated rings. The Morgan fingerprint density at radius 3 is 2.38 bits per heavy atom. The second-order valence-electron chi connectivity index (χ2n) is 3.03. The Morgan fingerprint density at radius 1 is 1.31 bits per heavy atom. The Bertz CT molecular complexity index is 458. The summed E-state index contributed by atoms with van der Waals surface area (Å²) in [5.74, 6) is -3.60. The van der Waals surface area contributed by atoms with E-state index in [1.807, 2.05) is 0 Å². The summed E-state index contributed by atoms with van der Waals surface area (Å²) in [5.41, 5.74) is -0.614. The molecule has 0 spiro atoms. The van der Waals surface area contributed by atoms with Gasteiger partial charge in [-0.1, -0.05) is 6.92 Å². The fourth-order valence-electron chi connectivity index (χ4n) is 1.11. The highest BCUT2D eigenvalue weighted by Crippen LogP contribution is 2.17. The molecular weight excluding hydrogens is 223 g/mol. The third-order valence-corrected chi connectivity index (χ3v) is 1.96. The van der Waals surface area contributed by atoms with Crippen LogP contribution in [0.25, 0.3) is 6.08 Å². The van der Waals surface area contributed by atoms with Crippen LogP contribution < -0.4 is 0 Å². The van der Waals surface area contributed by atoms with Crippen molar-refractivity contribution in [2.24, 2.45) is 0 Å². The van der Waals surface area contributed by atoms with Crippen molar-refractivity contribution < 1.29 is 18.1 Å². The lowest BCUT2D eigenvalue weighted by Crippen LogP contribution is -1.98. The van der Waals surface area contributed by atoms with Gasteiger partial charge in [-0.25, -0.2) is 13.2 Å². The van der Waals surface area contributed by atoms with Gasteiger partial charge < -0.3 is 0 Å². The van der Waals surface area contributed by atoms with E-state index in [0.29, 0.717) is 12.1 Å².